The van der Waals surface area contributed by atoms with Crippen molar-refractivity contribution in [3.8, 4) is 0 Å². The molecule has 0 aliphatic carbocycles. The molecule has 2 heteroatoms. The molecule has 0 radical (unpaired) electrons. The molecule has 0 fully saturated rings. The Morgan fingerprint density at radius 2 is 1.94 bits per heavy atom. The van der Waals surface area contributed by atoms with E-state index in [1.54, 1.807) is 12.1 Å². The number of hydrogen-bond acceptors (Lipinski definition) is 0. The van der Waals surface area contributed by atoms with Gasteiger partial charge in [-0.3, -0.25) is 0 Å². The molecule has 16 heavy (non-hydrogen) atoms. The summed E-state index contributed by atoms with van der Waals surface area (Å²) in [6, 6.07) is 10.9. The van der Waals surface area contributed by atoms with Crippen LogP contribution in [0.1, 0.15) is 5.56 Å². The third kappa shape index (κ3) is 1.10. The molecule has 0 saturated heterocycles. The fraction of sp³-hybridized carbons (Fsp3) is 0. The van der Waals surface area contributed by atoms with Crippen molar-refractivity contribution >= 4 is 27.9 Å². The van der Waals surface area contributed by atoms with Crippen LogP contribution in [0.15, 0.2) is 43.0 Å². The topological polar surface area (TPSA) is 15.8 Å². The first kappa shape index (κ1) is 9.16. The molecule has 1 N–H and O–H groups in total. The van der Waals surface area contributed by atoms with Gasteiger partial charge >= 0.3 is 0 Å². The number of H-pyrrole nitrogens is 1. The highest BCUT2D eigenvalue weighted by Gasteiger charge is 2.10. The highest BCUT2D eigenvalue weighted by atomic mass is 19.1. The van der Waals surface area contributed by atoms with Crippen molar-refractivity contribution < 1.29 is 4.39 Å². The number of halogens is 1. The summed E-state index contributed by atoms with van der Waals surface area (Å²) in [4.78, 5) is 3.23. The monoisotopic (exact) mass is 211 g/mol. The van der Waals surface area contributed by atoms with Crippen LogP contribution in [0, 0.1) is 5.82 Å². The zero-order valence-corrected chi connectivity index (χ0v) is 8.63. The van der Waals surface area contributed by atoms with Gasteiger partial charge in [0, 0.05) is 16.3 Å². The third-order valence-electron chi connectivity index (χ3n) is 2.86. The van der Waals surface area contributed by atoms with Crippen molar-refractivity contribution in [2.24, 2.45) is 0 Å². The summed E-state index contributed by atoms with van der Waals surface area (Å²) < 4.78 is 13.8. The Labute approximate surface area is 92.2 Å². The average Bonchev–Trinajstić information content (AvgIpc) is 2.69. The van der Waals surface area contributed by atoms with Gasteiger partial charge in [0.1, 0.15) is 5.82 Å². The minimum atomic E-state index is -0.196. The van der Waals surface area contributed by atoms with Crippen LogP contribution in [-0.4, -0.2) is 4.98 Å². The zero-order chi connectivity index (χ0) is 11.1. The molecule has 0 spiro atoms. The van der Waals surface area contributed by atoms with Gasteiger partial charge in [0.05, 0.1) is 5.52 Å². The Morgan fingerprint density at radius 1 is 1.12 bits per heavy atom. The second-order valence-electron chi connectivity index (χ2n) is 3.76. The van der Waals surface area contributed by atoms with Crippen molar-refractivity contribution in [2.75, 3.05) is 0 Å². The van der Waals surface area contributed by atoms with Gasteiger partial charge in [0.2, 0.25) is 0 Å². The molecule has 0 aliphatic rings. The number of aromatic amines is 1. The maximum Gasteiger partial charge on any atom is 0.133 e. The lowest BCUT2D eigenvalue weighted by atomic mass is 10.1. The fourth-order valence-corrected chi connectivity index (χ4v) is 2.11. The number of rotatable bonds is 1. The number of aromatic nitrogens is 1. The Kier molecular flexibility index (Phi) is 1.83. The maximum absolute atomic E-state index is 13.8. The molecule has 3 aromatic rings. The minimum absolute atomic E-state index is 0.196. The summed E-state index contributed by atoms with van der Waals surface area (Å²) in [5.41, 5.74) is 2.69. The van der Waals surface area contributed by atoms with E-state index in [1.807, 2.05) is 24.3 Å². The lowest BCUT2D eigenvalue weighted by molar-refractivity contribution is 0.640. The number of fused-ring (bicyclic) bond motifs is 3. The second kappa shape index (κ2) is 3.20. The van der Waals surface area contributed by atoms with E-state index >= 15 is 0 Å². The summed E-state index contributed by atoms with van der Waals surface area (Å²) in [7, 11) is 0. The molecule has 0 amide bonds. The van der Waals surface area contributed by atoms with Crippen molar-refractivity contribution in [1.82, 2.24) is 4.98 Å². The van der Waals surface area contributed by atoms with Crippen molar-refractivity contribution in [2.45, 2.75) is 0 Å². The summed E-state index contributed by atoms with van der Waals surface area (Å²) >= 11 is 0. The van der Waals surface area contributed by atoms with Gasteiger partial charge in [-0.05, 0) is 23.8 Å². The molecule has 1 aromatic heterocycles. The van der Waals surface area contributed by atoms with Crippen LogP contribution < -0.4 is 0 Å². The van der Waals surface area contributed by atoms with Crippen LogP contribution in [0.25, 0.3) is 27.9 Å². The zero-order valence-electron chi connectivity index (χ0n) is 8.63. The lowest BCUT2D eigenvalue weighted by Gasteiger charge is -1.97. The van der Waals surface area contributed by atoms with Gasteiger partial charge in [-0.15, -0.1) is 0 Å². The molecular weight excluding hydrogens is 201 g/mol. The first-order valence-corrected chi connectivity index (χ1v) is 5.12. The van der Waals surface area contributed by atoms with E-state index in [4.69, 9.17) is 0 Å². The van der Waals surface area contributed by atoms with Crippen LogP contribution in [0.2, 0.25) is 0 Å². The number of benzene rings is 2. The summed E-state index contributed by atoms with van der Waals surface area (Å²) in [5.74, 6) is -0.196. The molecule has 2 aromatic carbocycles. The Hall–Kier alpha value is -2.09. The predicted octanol–water partition coefficient (Wildman–Crippen LogP) is 4.10. The highest BCUT2D eigenvalue weighted by Crippen LogP contribution is 2.30. The van der Waals surface area contributed by atoms with Gasteiger partial charge < -0.3 is 4.98 Å². The van der Waals surface area contributed by atoms with E-state index in [9.17, 15) is 4.39 Å². The maximum atomic E-state index is 13.8. The molecule has 1 heterocycles. The fourth-order valence-electron chi connectivity index (χ4n) is 2.11. The quantitative estimate of drug-likeness (QED) is 0.623. The minimum Gasteiger partial charge on any atom is -0.354 e. The van der Waals surface area contributed by atoms with Crippen LogP contribution in [0.4, 0.5) is 4.39 Å². The average molecular weight is 211 g/mol. The summed E-state index contributed by atoms with van der Waals surface area (Å²) in [6.07, 6.45) is 1.73. The highest BCUT2D eigenvalue weighted by molar-refractivity contribution is 6.09. The van der Waals surface area contributed by atoms with Gasteiger partial charge in [-0.2, -0.15) is 0 Å². The Balaban J connectivity index is 2.62. The molecule has 3 rings (SSSR count). The van der Waals surface area contributed by atoms with E-state index in [1.165, 1.54) is 6.07 Å². The molecule has 0 unspecified atom stereocenters. The Bertz CT molecular complexity index is 694. The first-order valence-electron chi connectivity index (χ1n) is 5.12. The number of hydrogen-bond donors (Lipinski definition) is 1. The smallest absolute Gasteiger partial charge is 0.133 e. The molecule has 0 saturated carbocycles. The van der Waals surface area contributed by atoms with Crippen molar-refractivity contribution in [3.63, 3.8) is 0 Å². The molecule has 0 atom stereocenters. The number of para-hydroxylation sites is 1. The SMILES string of the molecule is C=Cc1ccc(F)c2c1[nH]c1ccccc12. The van der Waals surface area contributed by atoms with E-state index in [0.717, 1.165) is 22.0 Å². The molecule has 0 aliphatic heterocycles. The van der Waals surface area contributed by atoms with Crippen LogP contribution in [-0.2, 0) is 0 Å². The van der Waals surface area contributed by atoms with E-state index < -0.39 is 0 Å². The van der Waals surface area contributed by atoms with E-state index in [2.05, 4.69) is 11.6 Å². The molecule has 1 nitrogen and oxygen atoms in total. The standard InChI is InChI=1S/C14H10FN/c1-2-9-7-8-11(15)13-10-5-3-4-6-12(10)16-14(9)13/h2-8,16H,1H2. The Morgan fingerprint density at radius 3 is 2.75 bits per heavy atom. The van der Waals surface area contributed by atoms with Gasteiger partial charge in [-0.1, -0.05) is 30.9 Å². The van der Waals surface area contributed by atoms with Gasteiger partial charge in [0.15, 0.2) is 0 Å². The number of nitrogens with one attached hydrogen (secondary N) is 1. The molecule has 0 bridgehead atoms. The van der Waals surface area contributed by atoms with E-state index in [0.29, 0.717) is 5.39 Å². The normalized spacial score (nSPS) is 11.1. The van der Waals surface area contributed by atoms with Gasteiger partial charge in [0.25, 0.3) is 0 Å². The van der Waals surface area contributed by atoms with Crippen molar-refractivity contribution in [3.05, 3.63) is 54.4 Å². The largest absolute Gasteiger partial charge is 0.354 e. The van der Waals surface area contributed by atoms with E-state index in [-0.39, 0.29) is 5.82 Å². The van der Waals surface area contributed by atoms with Crippen LogP contribution >= 0.6 is 0 Å². The first-order chi connectivity index (χ1) is 7.81. The molecule has 78 valence electrons. The second-order valence-corrected chi connectivity index (χ2v) is 3.76. The summed E-state index contributed by atoms with van der Waals surface area (Å²) in [5, 5.41) is 1.56. The van der Waals surface area contributed by atoms with Crippen molar-refractivity contribution in [1.29, 1.82) is 0 Å². The van der Waals surface area contributed by atoms with Crippen LogP contribution in [0.5, 0.6) is 0 Å². The summed E-state index contributed by atoms with van der Waals surface area (Å²) in [6.45, 7) is 3.74. The molecular formula is C14H10FN. The predicted molar refractivity (Wildman–Crippen MR) is 65.9 cm³/mol. The lowest BCUT2D eigenvalue weighted by Crippen LogP contribution is -1.80. The van der Waals surface area contributed by atoms with Crippen LogP contribution in [0.3, 0.4) is 0 Å². The van der Waals surface area contributed by atoms with Gasteiger partial charge in [-0.25, -0.2) is 4.39 Å². The third-order valence-corrected chi connectivity index (χ3v) is 2.86.